The van der Waals surface area contributed by atoms with Crippen LogP contribution in [0.25, 0.3) is 11.3 Å². The highest BCUT2D eigenvalue weighted by Gasteiger charge is 2.16. The van der Waals surface area contributed by atoms with Crippen LogP contribution in [0.1, 0.15) is 49.1 Å². The summed E-state index contributed by atoms with van der Waals surface area (Å²) in [6.07, 6.45) is 2.75. The van der Waals surface area contributed by atoms with Crippen LogP contribution >= 0.6 is 0 Å². The molecule has 5 heteroatoms. The van der Waals surface area contributed by atoms with Crippen LogP contribution in [0.5, 0.6) is 11.5 Å². The highest BCUT2D eigenvalue weighted by molar-refractivity contribution is 5.60. The van der Waals surface area contributed by atoms with Gasteiger partial charge < -0.3 is 14.6 Å². The second-order valence-electron chi connectivity index (χ2n) is 7.67. The number of aryl methyl sites for hydroxylation is 1. The lowest BCUT2D eigenvalue weighted by Gasteiger charge is -2.20. The molecule has 0 aliphatic carbocycles. The molecule has 0 fully saturated rings. The van der Waals surface area contributed by atoms with Crippen LogP contribution in [0.3, 0.4) is 0 Å². The maximum absolute atomic E-state index is 9.25. The highest BCUT2D eigenvalue weighted by atomic mass is 16.5. The Hall–Kier alpha value is -3.78. The van der Waals surface area contributed by atoms with Gasteiger partial charge in [-0.15, -0.1) is 0 Å². The van der Waals surface area contributed by atoms with Gasteiger partial charge in [0.2, 0.25) is 0 Å². The predicted molar refractivity (Wildman–Crippen MR) is 126 cm³/mol. The van der Waals surface area contributed by atoms with Crippen molar-refractivity contribution in [1.29, 1.82) is 5.26 Å². The molecule has 0 spiro atoms. The van der Waals surface area contributed by atoms with E-state index in [1.807, 2.05) is 55.5 Å². The van der Waals surface area contributed by atoms with Crippen molar-refractivity contribution in [3.63, 3.8) is 0 Å². The van der Waals surface area contributed by atoms with E-state index in [4.69, 9.17) is 19.7 Å². The molecule has 0 saturated heterocycles. The highest BCUT2D eigenvalue weighted by Crippen LogP contribution is 2.30. The fourth-order valence-electron chi connectivity index (χ4n) is 3.35. The number of pyridine rings is 1. The summed E-state index contributed by atoms with van der Waals surface area (Å²) in [5, 5.41) is 18.3. The number of ether oxygens (including phenoxy) is 2. The van der Waals surface area contributed by atoms with Gasteiger partial charge in [0.1, 0.15) is 30.0 Å². The second kappa shape index (κ2) is 11.0. The van der Waals surface area contributed by atoms with E-state index in [0.29, 0.717) is 11.3 Å². The zero-order chi connectivity index (χ0) is 22.9. The Bertz CT molecular complexity index is 1100. The topological polar surface area (TPSA) is 75.4 Å². The van der Waals surface area contributed by atoms with Crippen LogP contribution < -0.4 is 9.47 Å². The summed E-state index contributed by atoms with van der Waals surface area (Å²) < 4.78 is 11.9. The Balaban J connectivity index is 1.83. The fourth-order valence-corrected chi connectivity index (χ4v) is 3.35. The molecular weight excluding hydrogens is 400 g/mol. The summed E-state index contributed by atoms with van der Waals surface area (Å²) in [7, 11) is 0. The van der Waals surface area contributed by atoms with E-state index in [-0.39, 0.29) is 18.5 Å². The predicted octanol–water partition coefficient (Wildman–Crippen LogP) is 6.69. The third-order valence-electron chi connectivity index (χ3n) is 5.05. The Morgan fingerprint density at radius 1 is 1.16 bits per heavy atom. The molecule has 3 aromatic rings. The summed E-state index contributed by atoms with van der Waals surface area (Å²) in [5.41, 5.74) is 4.22. The van der Waals surface area contributed by atoms with Gasteiger partial charge in [0.25, 0.3) is 0 Å². The molecule has 0 saturated carbocycles. The van der Waals surface area contributed by atoms with Crippen molar-refractivity contribution < 1.29 is 14.6 Å². The van der Waals surface area contributed by atoms with Gasteiger partial charge in [-0.05, 0) is 67.8 Å². The lowest BCUT2D eigenvalue weighted by Crippen LogP contribution is -2.10. The van der Waals surface area contributed by atoms with Crippen molar-refractivity contribution >= 4 is 0 Å². The number of aromatic nitrogens is 1. The van der Waals surface area contributed by atoms with Crippen LogP contribution in [-0.4, -0.2) is 16.7 Å². The molecule has 0 aliphatic rings. The third kappa shape index (κ3) is 6.12. The zero-order valence-corrected chi connectivity index (χ0v) is 18.5. The molecule has 32 heavy (non-hydrogen) atoms. The van der Waals surface area contributed by atoms with Gasteiger partial charge in [-0.3, -0.25) is 0 Å². The van der Waals surface area contributed by atoms with Crippen molar-refractivity contribution in [3.05, 3.63) is 89.8 Å². The lowest BCUT2D eigenvalue weighted by molar-refractivity contribution is 0.186. The molecule has 1 heterocycles. The van der Waals surface area contributed by atoms with Crippen molar-refractivity contribution in [2.45, 2.75) is 39.2 Å². The Morgan fingerprint density at radius 2 is 1.94 bits per heavy atom. The summed E-state index contributed by atoms with van der Waals surface area (Å²) in [6.45, 7) is 7.60. The third-order valence-corrected chi connectivity index (χ3v) is 5.05. The normalized spacial score (nSPS) is 11.4. The Labute approximate surface area is 189 Å². The number of rotatable bonds is 10. The van der Waals surface area contributed by atoms with E-state index < -0.39 is 0 Å². The molecule has 3 rings (SSSR count). The number of aliphatic hydroxyl groups excluding tert-OH is 1. The summed E-state index contributed by atoms with van der Waals surface area (Å²) >= 11 is 0. The number of nitriles is 1. The molecule has 5 nitrogen and oxygen atoms in total. The molecule has 1 N–H and O–H groups in total. The van der Waals surface area contributed by atoms with Gasteiger partial charge in [-0.2, -0.15) is 5.26 Å². The number of hydrogen-bond acceptors (Lipinski definition) is 5. The van der Waals surface area contributed by atoms with Gasteiger partial charge in [0.15, 0.2) is 0 Å². The van der Waals surface area contributed by atoms with Gasteiger partial charge >= 0.3 is 0 Å². The first-order valence-electron chi connectivity index (χ1n) is 10.7. The number of benzene rings is 2. The Kier molecular flexibility index (Phi) is 7.88. The van der Waals surface area contributed by atoms with Crippen LogP contribution in [0, 0.1) is 18.3 Å². The molecule has 0 amide bonds. The van der Waals surface area contributed by atoms with Crippen LogP contribution in [-0.2, 0) is 0 Å². The van der Waals surface area contributed by atoms with Crippen LogP contribution in [0.15, 0.2) is 73.0 Å². The molecule has 0 radical (unpaired) electrons. The first-order chi connectivity index (χ1) is 15.5. The molecule has 1 aromatic heterocycles. The average Bonchev–Trinajstić information content (AvgIpc) is 2.81. The minimum Gasteiger partial charge on any atom is -0.509 e. The Morgan fingerprint density at radius 3 is 2.59 bits per heavy atom. The van der Waals surface area contributed by atoms with Crippen molar-refractivity contribution in [2.24, 2.45) is 0 Å². The van der Waals surface area contributed by atoms with Crippen molar-refractivity contribution in [2.75, 3.05) is 6.61 Å². The van der Waals surface area contributed by atoms with Gasteiger partial charge in [0, 0.05) is 5.56 Å². The van der Waals surface area contributed by atoms with E-state index in [1.54, 1.807) is 12.1 Å². The summed E-state index contributed by atoms with van der Waals surface area (Å²) in [4.78, 5) is 4.87. The number of nitrogens with zero attached hydrogens (tertiary/aromatic N) is 2. The molecule has 1 atom stereocenters. The molecule has 0 bridgehead atoms. The van der Waals surface area contributed by atoms with Gasteiger partial charge in [-0.1, -0.05) is 38.1 Å². The first-order valence-corrected chi connectivity index (χ1v) is 10.7. The molecular formula is C27H28N2O3. The minimum absolute atomic E-state index is 0.0161. The number of hydrogen-bond donors (Lipinski definition) is 1. The zero-order valence-electron chi connectivity index (χ0n) is 18.5. The standard InChI is InChI=1S/C27H28N2O3/c1-4-5-9-27(32-23-14-15-26(19(2)16-23)31-18-20(3)30)25-8-6-7-24(29-25)22-12-10-21(17-28)11-13-22/h6-8,10-16,27,30H,3-5,9,18H2,1-2H3. The summed E-state index contributed by atoms with van der Waals surface area (Å²) in [5.74, 6) is 1.40. The molecule has 164 valence electrons. The van der Waals surface area contributed by atoms with Crippen molar-refractivity contribution in [1.82, 2.24) is 4.98 Å². The molecule has 0 aliphatic heterocycles. The SMILES string of the molecule is C=C(O)COc1ccc(OC(CCCC)c2cccc(-c3ccc(C#N)cc3)n2)cc1C. The molecule has 1 unspecified atom stereocenters. The maximum Gasteiger partial charge on any atom is 0.144 e. The largest absolute Gasteiger partial charge is 0.509 e. The fraction of sp³-hybridized carbons (Fsp3) is 0.259. The average molecular weight is 429 g/mol. The van der Waals surface area contributed by atoms with Gasteiger partial charge in [0.05, 0.1) is 23.0 Å². The van der Waals surface area contributed by atoms with Crippen molar-refractivity contribution in [3.8, 4) is 28.8 Å². The second-order valence-corrected chi connectivity index (χ2v) is 7.67. The van der Waals surface area contributed by atoms with Crippen LogP contribution in [0.4, 0.5) is 0 Å². The van der Waals surface area contributed by atoms with E-state index in [0.717, 1.165) is 47.5 Å². The smallest absolute Gasteiger partial charge is 0.144 e. The van der Waals surface area contributed by atoms with Gasteiger partial charge in [-0.25, -0.2) is 4.98 Å². The van der Waals surface area contributed by atoms with E-state index in [1.165, 1.54) is 0 Å². The number of unbranched alkanes of at least 4 members (excludes halogenated alkanes) is 1. The lowest BCUT2D eigenvalue weighted by atomic mass is 10.1. The monoisotopic (exact) mass is 428 g/mol. The van der Waals surface area contributed by atoms with E-state index in [9.17, 15) is 5.11 Å². The maximum atomic E-state index is 9.25. The van der Waals surface area contributed by atoms with E-state index in [2.05, 4.69) is 19.6 Å². The van der Waals surface area contributed by atoms with Crippen LogP contribution in [0.2, 0.25) is 0 Å². The quantitative estimate of drug-likeness (QED) is 0.364. The number of aliphatic hydroxyl groups is 1. The minimum atomic E-state index is -0.184. The van der Waals surface area contributed by atoms with E-state index >= 15 is 0 Å². The first kappa shape index (κ1) is 22.9. The molecule has 2 aromatic carbocycles. The summed E-state index contributed by atoms with van der Waals surface area (Å²) in [6, 6.07) is 21.1.